The lowest BCUT2D eigenvalue weighted by molar-refractivity contribution is -0.325. The zero-order chi connectivity index (χ0) is 11.3. The number of likely N-dealkylation sites (tertiary alicyclic amines) is 1. The van der Waals surface area contributed by atoms with E-state index in [4.69, 9.17) is 0 Å². The molecular weight excluding hydrogens is 211 g/mol. The first-order valence-electron chi connectivity index (χ1n) is 4.89. The van der Waals surface area contributed by atoms with Crippen LogP contribution in [0.15, 0.2) is 0 Å². The predicted octanol–water partition coefficient (Wildman–Crippen LogP) is 1.43. The van der Waals surface area contributed by atoms with Gasteiger partial charge in [0.25, 0.3) is 0 Å². The Labute approximate surface area is 86.2 Å². The van der Waals surface area contributed by atoms with Crippen LogP contribution in [-0.2, 0) is 9.53 Å². The smallest absolute Gasteiger partial charge is 0.303 e. The zero-order valence-electron chi connectivity index (χ0n) is 8.29. The van der Waals surface area contributed by atoms with Gasteiger partial charge in [-0.3, -0.25) is 4.74 Å². The molecule has 0 spiro atoms. The van der Waals surface area contributed by atoms with E-state index in [2.05, 4.69) is 4.74 Å². The Morgan fingerprint density at radius 3 is 2.40 bits per heavy atom. The third-order valence-corrected chi connectivity index (χ3v) is 2.50. The Kier molecular flexibility index (Phi) is 4.53. The van der Waals surface area contributed by atoms with Gasteiger partial charge in [-0.15, -0.1) is 13.2 Å². The molecule has 0 unspecified atom stereocenters. The van der Waals surface area contributed by atoms with Gasteiger partial charge in [0.2, 0.25) is 0 Å². The van der Waals surface area contributed by atoms with Gasteiger partial charge in [-0.25, -0.2) is 0 Å². The standard InChI is InChI=1S/C9H14F3NO2/c10-9(11,12)15-6-5-13-3-1-8(7-14)2-4-13/h7-8H,1-6H2. The molecule has 0 saturated carbocycles. The molecule has 1 rings (SSSR count). The van der Waals surface area contributed by atoms with Crippen molar-refractivity contribution in [1.82, 2.24) is 4.90 Å². The average Bonchev–Trinajstić information content (AvgIpc) is 2.17. The molecule has 1 heterocycles. The summed E-state index contributed by atoms with van der Waals surface area (Å²) >= 11 is 0. The Morgan fingerprint density at radius 2 is 1.93 bits per heavy atom. The Morgan fingerprint density at radius 1 is 1.33 bits per heavy atom. The number of hydrogen-bond donors (Lipinski definition) is 0. The largest absolute Gasteiger partial charge is 0.522 e. The maximum absolute atomic E-state index is 11.6. The minimum atomic E-state index is -4.54. The number of halogens is 3. The summed E-state index contributed by atoms with van der Waals surface area (Å²) in [6, 6.07) is 0. The van der Waals surface area contributed by atoms with Crippen molar-refractivity contribution < 1.29 is 22.7 Å². The number of carbonyl (C=O) groups excluding carboxylic acids is 1. The number of piperidine rings is 1. The highest BCUT2D eigenvalue weighted by Crippen LogP contribution is 2.17. The molecule has 15 heavy (non-hydrogen) atoms. The van der Waals surface area contributed by atoms with E-state index in [1.807, 2.05) is 4.90 Å². The number of carbonyl (C=O) groups is 1. The van der Waals surface area contributed by atoms with Crippen LogP contribution < -0.4 is 0 Å². The molecule has 88 valence electrons. The fraction of sp³-hybridized carbons (Fsp3) is 0.889. The molecule has 0 N–H and O–H groups in total. The summed E-state index contributed by atoms with van der Waals surface area (Å²) in [5, 5.41) is 0. The van der Waals surface area contributed by atoms with Crippen molar-refractivity contribution >= 4 is 6.29 Å². The van der Waals surface area contributed by atoms with Crippen LogP contribution in [0.1, 0.15) is 12.8 Å². The highest BCUT2D eigenvalue weighted by molar-refractivity contribution is 5.53. The Bertz CT molecular complexity index is 200. The number of nitrogens with zero attached hydrogens (tertiary/aromatic N) is 1. The topological polar surface area (TPSA) is 29.5 Å². The first-order chi connectivity index (χ1) is 7.01. The zero-order valence-corrected chi connectivity index (χ0v) is 8.29. The molecule has 0 aromatic heterocycles. The van der Waals surface area contributed by atoms with E-state index in [9.17, 15) is 18.0 Å². The predicted molar refractivity (Wildman–Crippen MR) is 47.2 cm³/mol. The molecule has 0 bridgehead atoms. The van der Waals surface area contributed by atoms with Crippen LogP contribution in [-0.4, -0.2) is 43.8 Å². The third-order valence-electron chi connectivity index (χ3n) is 2.50. The molecule has 0 aromatic carbocycles. The lowest BCUT2D eigenvalue weighted by atomic mass is 9.99. The average molecular weight is 225 g/mol. The first kappa shape index (κ1) is 12.4. The van der Waals surface area contributed by atoms with Crippen LogP contribution in [0.2, 0.25) is 0 Å². The second-order valence-electron chi connectivity index (χ2n) is 3.61. The first-order valence-corrected chi connectivity index (χ1v) is 4.89. The molecule has 0 radical (unpaired) electrons. The molecule has 1 fully saturated rings. The minimum absolute atomic E-state index is 0.0739. The van der Waals surface area contributed by atoms with Crippen molar-refractivity contribution in [3.8, 4) is 0 Å². The van der Waals surface area contributed by atoms with Crippen molar-refractivity contribution in [2.75, 3.05) is 26.2 Å². The summed E-state index contributed by atoms with van der Waals surface area (Å²) in [6.07, 6.45) is -2.16. The normalized spacial score (nSPS) is 20.5. The van der Waals surface area contributed by atoms with Gasteiger partial charge < -0.3 is 9.69 Å². The van der Waals surface area contributed by atoms with Gasteiger partial charge in [-0.05, 0) is 25.9 Å². The van der Waals surface area contributed by atoms with Crippen molar-refractivity contribution in [3.05, 3.63) is 0 Å². The van der Waals surface area contributed by atoms with Crippen LogP contribution in [0.5, 0.6) is 0 Å². The molecule has 1 saturated heterocycles. The number of hydrogen-bond acceptors (Lipinski definition) is 3. The van der Waals surface area contributed by atoms with E-state index in [0.29, 0.717) is 13.1 Å². The quantitative estimate of drug-likeness (QED) is 0.678. The molecule has 0 aromatic rings. The van der Waals surface area contributed by atoms with Crippen LogP contribution in [0, 0.1) is 5.92 Å². The minimum Gasteiger partial charge on any atom is -0.303 e. The maximum Gasteiger partial charge on any atom is 0.522 e. The van der Waals surface area contributed by atoms with E-state index in [-0.39, 0.29) is 19.1 Å². The fourth-order valence-electron chi connectivity index (χ4n) is 1.60. The molecular formula is C9H14F3NO2. The lowest BCUT2D eigenvalue weighted by Crippen LogP contribution is -2.37. The van der Waals surface area contributed by atoms with Gasteiger partial charge in [0.05, 0.1) is 6.61 Å². The monoisotopic (exact) mass is 225 g/mol. The summed E-state index contributed by atoms with van der Waals surface area (Å²) in [5.74, 6) is 0.0739. The summed E-state index contributed by atoms with van der Waals surface area (Å²) in [7, 11) is 0. The van der Waals surface area contributed by atoms with Crippen LogP contribution >= 0.6 is 0 Å². The van der Waals surface area contributed by atoms with E-state index < -0.39 is 6.36 Å². The molecule has 3 nitrogen and oxygen atoms in total. The summed E-state index contributed by atoms with van der Waals surface area (Å²) in [6.45, 7) is 1.27. The Balaban J connectivity index is 2.11. The highest BCUT2D eigenvalue weighted by atomic mass is 19.4. The van der Waals surface area contributed by atoms with Crippen LogP contribution in [0.25, 0.3) is 0 Å². The van der Waals surface area contributed by atoms with Gasteiger partial charge in [0.15, 0.2) is 0 Å². The molecule has 6 heteroatoms. The van der Waals surface area contributed by atoms with Crippen molar-refractivity contribution in [1.29, 1.82) is 0 Å². The van der Waals surface area contributed by atoms with Gasteiger partial charge in [-0.1, -0.05) is 0 Å². The van der Waals surface area contributed by atoms with Crippen molar-refractivity contribution in [2.45, 2.75) is 19.2 Å². The highest BCUT2D eigenvalue weighted by Gasteiger charge is 2.29. The third kappa shape index (κ3) is 5.13. The number of rotatable bonds is 4. The summed E-state index contributed by atoms with van der Waals surface area (Å²) < 4.78 is 38.6. The summed E-state index contributed by atoms with van der Waals surface area (Å²) in [5.41, 5.74) is 0. The van der Waals surface area contributed by atoms with Crippen molar-refractivity contribution in [3.63, 3.8) is 0 Å². The molecule has 0 amide bonds. The SMILES string of the molecule is O=CC1CCN(CCOC(F)(F)F)CC1. The van der Waals surface area contributed by atoms with Crippen LogP contribution in [0.4, 0.5) is 13.2 Å². The molecule has 1 aliphatic rings. The lowest BCUT2D eigenvalue weighted by Gasteiger charge is -2.29. The number of ether oxygens (including phenoxy) is 1. The van der Waals surface area contributed by atoms with Gasteiger partial charge in [-0.2, -0.15) is 0 Å². The maximum atomic E-state index is 11.6. The van der Waals surface area contributed by atoms with E-state index in [1.165, 1.54) is 0 Å². The van der Waals surface area contributed by atoms with E-state index >= 15 is 0 Å². The van der Waals surface area contributed by atoms with Gasteiger partial charge in [0, 0.05) is 12.5 Å². The second-order valence-corrected chi connectivity index (χ2v) is 3.61. The van der Waals surface area contributed by atoms with Crippen LogP contribution in [0.3, 0.4) is 0 Å². The number of aldehydes is 1. The van der Waals surface area contributed by atoms with Crippen molar-refractivity contribution in [2.24, 2.45) is 5.92 Å². The van der Waals surface area contributed by atoms with E-state index in [1.54, 1.807) is 0 Å². The Hall–Kier alpha value is -0.620. The second kappa shape index (κ2) is 5.46. The molecule has 0 atom stereocenters. The molecule has 1 aliphatic heterocycles. The summed E-state index contributed by atoms with van der Waals surface area (Å²) in [4.78, 5) is 12.3. The fourth-order valence-corrected chi connectivity index (χ4v) is 1.60. The van der Waals surface area contributed by atoms with Gasteiger partial charge in [0.1, 0.15) is 6.29 Å². The van der Waals surface area contributed by atoms with Gasteiger partial charge >= 0.3 is 6.36 Å². The molecule has 0 aliphatic carbocycles. The number of alkyl halides is 3. The van der Waals surface area contributed by atoms with E-state index in [0.717, 1.165) is 19.1 Å².